The molecule has 1 saturated carbocycles. The first-order valence-electron chi connectivity index (χ1n) is 12.0. The van der Waals surface area contributed by atoms with Crippen LogP contribution in [0.1, 0.15) is 43.2 Å². The summed E-state index contributed by atoms with van der Waals surface area (Å²) in [5, 5.41) is 10.0. The third kappa shape index (κ3) is 3.75. The fraction of sp³-hybridized carbons (Fsp3) is 0.444. The second-order valence-electron chi connectivity index (χ2n) is 9.99. The van der Waals surface area contributed by atoms with Gasteiger partial charge in [-0.2, -0.15) is 0 Å². The van der Waals surface area contributed by atoms with Gasteiger partial charge in [0.15, 0.2) is 0 Å². The lowest BCUT2D eigenvalue weighted by Gasteiger charge is -2.36. The molecule has 2 aliphatic heterocycles. The summed E-state index contributed by atoms with van der Waals surface area (Å²) in [5.74, 6) is -0.832. The van der Waals surface area contributed by atoms with Gasteiger partial charge < -0.3 is 9.52 Å². The maximum Gasteiger partial charge on any atom is 0.309 e. The van der Waals surface area contributed by atoms with Crippen molar-refractivity contribution in [3.63, 3.8) is 0 Å². The van der Waals surface area contributed by atoms with Gasteiger partial charge in [0.1, 0.15) is 17.2 Å². The first-order chi connectivity index (χ1) is 16.0. The van der Waals surface area contributed by atoms with Gasteiger partial charge in [-0.3, -0.25) is 14.6 Å². The van der Waals surface area contributed by atoms with Gasteiger partial charge in [0.25, 0.3) is 0 Å². The van der Waals surface area contributed by atoms with E-state index in [2.05, 4.69) is 17.0 Å². The van der Waals surface area contributed by atoms with E-state index >= 15 is 0 Å². The molecule has 0 bridgehead atoms. The number of aliphatic carboxylic acids is 1. The van der Waals surface area contributed by atoms with Crippen molar-refractivity contribution in [3.05, 3.63) is 59.4 Å². The minimum Gasteiger partial charge on any atom is -0.481 e. The number of nitrogens with zero attached hydrogens (tertiary/aromatic N) is 2. The Kier molecular flexibility index (Phi) is 5.03. The predicted molar refractivity (Wildman–Crippen MR) is 124 cm³/mol. The number of hydrogen-bond donors (Lipinski definition) is 1. The van der Waals surface area contributed by atoms with Crippen LogP contribution in [0.5, 0.6) is 0 Å². The van der Waals surface area contributed by atoms with E-state index in [1.165, 1.54) is 56.8 Å². The third-order valence-corrected chi connectivity index (χ3v) is 7.75. The van der Waals surface area contributed by atoms with Crippen molar-refractivity contribution in [3.8, 4) is 11.3 Å². The molecule has 2 saturated heterocycles. The lowest BCUT2D eigenvalue weighted by molar-refractivity contribution is -0.147. The van der Waals surface area contributed by atoms with Crippen molar-refractivity contribution in [1.82, 2.24) is 9.80 Å². The number of piperidine rings is 1. The summed E-state index contributed by atoms with van der Waals surface area (Å²) in [5.41, 5.74) is 3.63. The third-order valence-electron chi connectivity index (χ3n) is 7.75. The van der Waals surface area contributed by atoms with Crippen LogP contribution in [0, 0.1) is 11.7 Å². The fourth-order valence-corrected chi connectivity index (χ4v) is 5.66. The average Bonchev–Trinajstić information content (AvgIpc) is 3.49. The van der Waals surface area contributed by atoms with E-state index in [1.807, 2.05) is 23.1 Å². The van der Waals surface area contributed by atoms with Crippen LogP contribution >= 0.6 is 0 Å². The van der Waals surface area contributed by atoms with Crippen LogP contribution in [0.4, 0.5) is 4.39 Å². The zero-order chi connectivity index (χ0) is 22.6. The van der Waals surface area contributed by atoms with Crippen LogP contribution < -0.4 is 0 Å². The minimum absolute atomic E-state index is 0.190. The molecule has 3 heterocycles. The molecule has 3 aromatic rings. The fourth-order valence-electron chi connectivity index (χ4n) is 5.66. The molecule has 1 aliphatic carbocycles. The van der Waals surface area contributed by atoms with Crippen LogP contribution in [0.25, 0.3) is 22.3 Å². The largest absolute Gasteiger partial charge is 0.481 e. The van der Waals surface area contributed by atoms with E-state index in [4.69, 9.17) is 9.52 Å². The number of rotatable bonds is 6. The van der Waals surface area contributed by atoms with Crippen LogP contribution in [-0.4, -0.2) is 47.1 Å². The van der Waals surface area contributed by atoms with Gasteiger partial charge in [-0.1, -0.05) is 18.6 Å². The molecule has 3 aliphatic rings. The molecule has 2 aromatic carbocycles. The Labute approximate surface area is 192 Å². The zero-order valence-corrected chi connectivity index (χ0v) is 18.7. The minimum atomic E-state index is -0.760. The molecule has 1 aromatic heterocycles. The van der Waals surface area contributed by atoms with Crippen molar-refractivity contribution >= 4 is 16.9 Å². The van der Waals surface area contributed by atoms with Crippen LogP contribution in [0.3, 0.4) is 0 Å². The van der Waals surface area contributed by atoms with Crippen molar-refractivity contribution in [2.24, 2.45) is 5.92 Å². The van der Waals surface area contributed by atoms with Gasteiger partial charge in [-0.15, -0.1) is 0 Å². The topological polar surface area (TPSA) is 56.9 Å². The van der Waals surface area contributed by atoms with E-state index in [1.54, 1.807) is 6.07 Å². The normalized spacial score (nSPS) is 21.2. The highest BCUT2D eigenvalue weighted by molar-refractivity contribution is 5.84. The van der Waals surface area contributed by atoms with Crippen LogP contribution in [0.2, 0.25) is 0 Å². The zero-order valence-electron chi connectivity index (χ0n) is 18.7. The molecule has 33 heavy (non-hydrogen) atoms. The van der Waals surface area contributed by atoms with E-state index in [0.29, 0.717) is 31.0 Å². The van der Waals surface area contributed by atoms with Gasteiger partial charge in [-0.25, -0.2) is 4.39 Å². The highest BCUT2D eigenvalue weighted by Gasteiger charge is 2.49. The number of carboxylic acids is 1. The van der Waals surface area contributed by atoms with Crippen LogP contribution in [0.15, 0.2) is 46.9 Å². The summed E-state index contributed by atoms with van der Waals surface area (Å²) < 4.78 is 21.0. The molecule has 6 rings (SSSR count). The Morgan fingerprint density at radius 2 is 1.85 bits per heavy atom. The Morgan fingerprint density at radius 1 is 1.06 bits per heavy atom. The van der Waals surface area contributed by atoms with E-state index < -0.39 is 5.97 Å². The van der Waals surface area contributed by atoms with Gasteiger partial charge in [-0.05, 0) is 80.2 Å². The molecule has 0 spiro atoms. The van der Waals surface area contributed by atoms with Gasteiger partial charge in [0.05, 0.1) is 11.5 Å². The molecule has 5 nitrogen and oxygen atoms in total. The molecule has 6 heteroatoms. The van der Waals surface area contributed by atoms with Gasteiger partial charge in [0, 0.05) is 30.6 Å². The second-order valence-corrected chi connectivity index (χ2v) is 9.99. The molecule has 1 N–H and O–H groups in total. The quantitative estimate of drug-likeness (QED) is 0.560. The van der Waals surface area contributed by atoms with Crippen molar-refractivity contribution in [1.29, 1.82) is 0 Å². The number of carboxylic acid groups (broad SMARTS) is 1. The van der Waals surface area contributed by atoms with Crippen molar-refractivity contribution < 1.29 is 18.7 Å². The maximum atomic E-state index is 15.0. The molecule has 0 unspecified atom stereocenters. The highest BCUT2D eigenvalue weighted by atomic mass is 19.1. The van der Waals surface area contributed by atoms with E-state index in [9.17, 15) is 9.18 Å². The molecular weight excluding hydrogens is 419 g/mol. The Morgan fingerprint density at radius 3 is 2.55 bits per heavy atom. The molecule has 3 fully saturated rings. The maximum absolute atomic E-state index is 15.0. The molecule has 172 valence electrons. The van der Waals surface area contributed by atoms with Crippen LogP contribution in [-0.2, 0) is 16.9 Å². The van der Waals surface area contributed by atoms with Crippen molar-refractivity contribution in [2.75, 3.05) is 26.2 Å². The highest BCUT2D eigenvalue weighted by Crippen LogP contribution is 2.52. The number of halogens is 1. The summed E-state index contributed by atoms with van der Waals surface area (Å²) in [6.45, 7) is 3.96. The predicted octanol–water partition coefficient (Wildman–Crippen LogP) is 5.23. The molecule has 0 atom stereocenters. The van der Waals surface area contributed by atoms with Gasteiger partial charge >= 0.3 is 5.97 Å². The Balaban J connectivity index is 1.22. The monoisotopic (exact) mass is 448 g/mol. The second kappa shape index (κ2) is 7.96. The number of furan rings is 1. The summed E-state index contributed by atoms with van der Waals surface area (Å²) in [4.78, 5) is 15.6. The first-order valence-corrected chi connectivity index (χ1v) is 12.0. The molecular formula is C27H29FN2O3. The average molecular weight is 449 g/mol. The number of carbonyl (C=O) groups is 1. The molecule has 0 radical (unpaired) electrons. The van der Waals surface area contributed by atoms with E-state index in [0.717, 1.165) is 16.5 Å². The summed E-state index contributed by atoms with van der Waals surface area (Å²) in [7, 11) is 0. The lowest BCUT2D eigenvalue weighted by atomic mass is 9.98. The Hall–Kier alpha value is -2.70. The number of fused-ring (bicyclic) bond motifs is 1. The number of likely N-dealkylation sites (tertiary alicyclic amines) is 2. The molecule has 0 amide bonds. The summed E-state index contributed by atoms with van der Waals surface area (Å²) in [6, 6.07) is 13.6. The van der Waals surface area contributed by atoms with E-state index in [-0.39, 0.29) is 17.3 Å². The Bertz CT molecular complexity index is 1200. The van der Waals surface area contributed by atoms with Gasteiger partial charge in [0.2, 0.25) is 0 Å². The SMILES string of the molecule is O=C(O)C1CN(Cc2ccc(-c3cc4cc(C5(N6CCCCC6)CC5)ccc4o3)c(F)c2)C1. The number of hydrogen-bond acceptors (Lipinski definition) is 4. The number of benzene rings is 2. The first kappa shape index (κ1) is 20.9. The van der Waals surface area contributed by atoms with Crippen molar-refractivity contribution in [2.45, 2.75) is 44.2 Å². The lowest BCUT2D eigenvalue weighted by Crippen LogP contribution is -2.49. The smallest absolute Gasteiger partial charge is 0.309 e. The standard InChI is InChI=1S/C27H29FN2O3/c28-23-12-18(15-29-16-20(17-29)26(31)32)4-6-22(23)25-14-19-13-21(5-7-24(19)33-25)27(8-9-27)30-10-2-1-3-11-30/h4-7,12-14,20H,1-3,8-11,15-17H2,(H,31,32). The summed E-state index contributed by atoms with van der Waals surface area (Å²) in [6.07, 6.45) is 6.33. The summed E-state index contributed by atoms with van der Waals surface area (Å²) >= 11 is 0.